The third-order valence-corrected chi connectivity index (χ3v) is 7.94. The molecule has 3 aliphatic rings. The molecular formula is C26H44O4. The maximum atomic E-state index is 12.6. The molecule has 0 heterocycles. The van der Waals surface area contributed by atoms with E-state index in [2.05, 4.69) is 13.8 Å². The average Bonchev–Trinajstić information content (AvgIpc) is 2.76. The van der Waals surface area contributed by atoms with E-state index in [1.165, 1.54) is 51.4 Å². The fourth-order valence-corrected chi connectivity index (χ4v) is 5.98. The average molecular weight is 421 g/mol. The van der Waals surface area contributed by atoms with Crippen molar-refractivity contribution < 1.29 is 19.1 Å². The van der Waals surface area contributed by atoms with Gasteiger partial charge in [0.2, 0.25) is 0 Å². The van der Waals surface area contributed by atoms with Gasteiger partial charge in [-0.2, -0.15) is 0 Å². The van der Waals surface area contributed by atoms with E-state index in [4.69, 9.17) is 9.47 Å². The molecule has 0 aromatic carbocycles. The lowest BCUT2D eigenvalue weighted by atomic mass is 9.80. The van der Waals surface area contributed by atoms with Crippen LogP contribution in [0.15, 0.2) is 0 Å². The lowest BCUT2D eigenvalue weighted by Crippen LogP contribution is -2.33. The van der Waals surface area contributed by atoms with Crippen LogP contribution in [-0.2, 0) is 19.1 Å². The highest BCUT2D eigenvalue weighted by atomic mass is 16.5. The molecule has 0 unspecified atom stereocenters. The van der Waals surface area contributed by atoms with Gasteiger partial charge in [-0.1, -0.05) is 39.5 Å². The van der Waals surface area contributed by atoms with Crippen molar-refractivity contribution in [2.75, 3.05) is 0 Å². The predicted molar refractivity (Wildman–Crippen MR) is 119 cm³/mol. The molecule has 0 spiro atoms. The van der Waals surface area contributed by atoms with Crippen LogP contribution in [0.3, 0.4) is 0 Å². The summed E-state index contributed by atoms with van der Waals surface area (Å²) >= 11 is 0. The normalized spacial score (nSPS) is 34.9. The summed E-state index contributed by atoms with van der Waals surface area (Å²) in [6.45, 7) is 4.49. The monoisotopic (exact) mass is 420 g/mol. The molecule has 3 fully saturated rings. The van der Waals surface area contributed by atoms with Crippen LogP contribution in [0.25, 0.3) is 0 Å². The summed E-state index contributed by atoms with van der Waals surface area (Å²) in [4.78, 5) is 25.2. The molecule has 172 valence electrons. The van der Waals surface area contributed by atoms with E-state index in [1.807, 2.05) is 0 Å². The standard InChI is InChI=1S/C26H44O4/c1-3-5-19-7-11-21(12-8-19)25(27)30-24-17-13-22(14-18-24)26(28)29-23-15-9-20(6-4-2)10-16-23/h19-24H,3-18H2,1-2H3. The summed E-state index contributed by atoms with van der Waals surface area (Å²) < 4.78 is 11.7. The van der Waals surface area contributed by atoms with E-state index in [9.17, 15) is 9.59 Å². The van der Waals surface area contributed by atoms with Gasteiger partial charge in [0.1, 0.15) is 12.2 Å². The van der Waals surface area contributed by atoms with Gasteiger partial charge in [-0.05, 0) is 88.9 Å². The molecule has 0 bridgehead atoms. The van der Waals surface area contributed by atoms with Crippen LogP contribution in [0.5, 0.6) is 0 Å². The molecule has 3 rings (SSSR count). The van der Waals surface area contributed by atoms with Crippen LogP contribution in [0.2, 0.25) is 0 Å². The lowest BCUT2D eigenvalue weighted by molar-refractivity contribution is -0.161. The second kappa shape index (κ2) is 12.1. The van der Waals surface area contributed by atoms with E-state index in [-0.39, 0.29) is 36.0 Å². The van der Waals surface area contributed by atoms with Crippen LogP contribution in [-0.4, -0.2) is 24.1 Å². The van der Waals surface area contributed by atoms with Gasteiger partial charge in [-0.15, -0.1) is 0 Å². The molecule has 0 amide bonds. The molecule has 30 heavy (non-hydrogen) atoms. The topological polar surface area (TPSA) is 52.6 Å². The number of hydrogen-bond acceptors (Lipinski definition) is 4. The first-order valence-corrected chi connectivity index (χ1v) is 13.0. The number of hydrogen-bond donors (Lipinski definition) is 0. The van der Waals surface area contributed by atoms with Crippen molar-refractivity contribution >= 4 is 11.9 Å². The van der Waals surface area contributed by atoms with Crippen LogP contribution in [0.1, 0.15) is 117 Å². The first-order valence-electron chi connectivity index (χ1n) is 13.0. The fraction of sp³-hybridized carbons (Fsp3) is 0.923. The van der Waals surface area contributed by atoms with Crippen molar-refractivity contribution in [3.05, 3.63) is 0 Å². The molecular weight excluding hydrogens is 376 g/mol. The summed E-state index contributed by atoms with van der Waals surface area (Å²) in [7, 11) is 0. The van der Waals surface area contributed by atoms with Crippen molar-refractivity contribution in [2.24, 2.45) is 23.7 Å². The van der Waals surface area contributed by atoms with Gasteiger partial charge in [0.05, 0.1) is 11.8 Å². The minimum absolute atomic E-state index is 0.000558. The second-order valence-electron chi connectivity index (χ2n) is 10.3. The predicted octanol–water partition coefficient (Wildman–Crippen LogP) is 6.60. The van der Waals surface area contributed by atoms with Gasteiger partial charge in [-0.25, -0.2) is 0 Å². The molecule has 0 aromatic heterocycles. The Labute approximate surface area is 183 Å². The maximum Gasteiger partial charge on any atom is 0.309 e. The van der Waals surface area contributed by atoms with Crippen LogP contribution >= 0.6 is 0 Å². The van der Waals surface area contributed by atoms with Gasteiger partial charge in [-0.3, -0.25) is 9.59 Å². The van der Waals surface area contributed by atoms with Crippen molar-refractivity contribution in [1.82, 2.24) is 0 Å². The zero-order chi connectivity index (χ0) is 21.3. The molecule has 4 heteroatoms. The molecule has 3 saturated carbocycles. The minimum Gasteiger partial charge on any atom is -0.462 e. The Balaban J connectivity index is 1.32. The summed E-state index contributed by atoms with van der Waals surface area (Å²) in [6.07, 6.45) is 17.2. The summed E-state index contributed by atoms with van der Waals surface area (Å²) in [5, 5.41) is 0. The number of carbonyl (C=O) groups is 2. The number of esters is 2. The molecule has 0 atom stereocenters. The van der Waals surface area contributed by atoms with Gasteiger partial charge in [0.15, 0.2) is 0 Å². The van der Waals surface area contributed by atoms with Gasteiger partial charge in [0, 0.05) is 0 Å². The van der Waals surface area contributed by atoms with E-state index < -0.39 is 0 Å². The first kappa shape index (κ1) is 23.6. The molecule has 0 saturated heterocycles. The zero-order valence-corrected chi connectivity index (χ0v) is 19.4. The molecule has 3 aliphatic carbocycles. The number of carbonyl (C=O) groups excluding carboxylic acids is 2. The first-order chi connectivity index (χ1) is 14.6. The number of rotatable bonds is 8. The van der Waals surface area contributed by atoms with Crippen molar-refractivity contribution in [1.29, 1.82) is 0 Å². The Morgan fingerprint density at radius 1 is 0.567 bits per heavy atom. The van der Waals surface area contributed by atoms with Crippen molar-refractivity contribution in [3.8, 4) is 0 Å². The summed E-state index contributed by atoms with van der Waals surface area (Å²) in [5.41, 5.74) is 0. The molecule has 4 nitrogen and oxygen atoms in total. The Hall–Kier alpha value is -1.06. The number of ether oxygens (including phenoxy) is 2. The van der Waals surface area contributed by atoms with Crippen LogP contribution in [0.4, 0.5) is 0 Å². The smallest absolute Gasteiger partial charge is 0.309 e. The van der Waals surface area contributed by atoms with Crippen LogP contribution < -0.4 is 0 Å². The molecule has 0 aromatic rings. The highest BCUT2D eigenvalue weighted by molar-refractivity contribution is 5.73. The highest BCUT2D eigenvalue weighted by Gasteiger charge is 2.33. The van der Waals surface area contributed by atoms with Gasteiger partial charge < -0.3 is 9.47 Å². The zero-order valence-electron chi connectivity index (χ0n) is 19.4. The van der Waals surface area contributed by atoms with Gasteiger partial charge in [0.25, 0.3) is 0 Å². The summed E-state index contributed by atoms with van der Waals surface area (Å²) in [5.74, 6) is 1.74. The Morgan fingerprint density at radius 2 is 0.900 bits per heavy atom. The van der Waals surface area contributed by atoms with E-state index >= 15 is 0 Å². The largest absolute Gasteiger partial charge is 0.462 e. The van der Waals surface area contributed by atoms with Crippen LogP contribution in [0, 0.1) is 23.7 Å². The third kappa shape index (κ3) is 6.99. The Morgan fingerprint density at radius 3 is 1.30 bits per heavy atom. The van der Waals surface area contributed by atoms with E-state index in [1.54, 1.807) is 0 Å². The van der Waals surface area contributed by atoms with E-state index in [0.717, 1.165) is 63.2 Å². The fourth-order valence-electron chi connectivity index (χ4n) is 5.98. The maximum absolute atomic E-state index is 12.6. The summed E-state index contributed by atoms with van der Waals surface area (Å²) in [6, 6.07) is 0. The highest BCUT2D eigenvalue weighted by Crippen LogP contribution is 2.35. The Bertz CT molecular complexity index is 521. The quantitative estimate of drug-likeness (QED) is 0.415. The van der Waals surface area contributed by atoms with Crippen molar-refractivity contribution in [2.45, 2.75) is 129 Å². The molecule has 0 radical (unpaired) electrons. The Kier molecular flexibility index (Phi) is 9.52. The minimum atomic E-state index is -0.00651. The van der Waals surface area contributed by atoms with E-state index in [0.29, 0.717) is 0 Å². The van der Waals surface area contributed by atoms with Gasteiger partial charge >= 0.3 is 11.9 Å². The van der Waals surface area contributed by atoms with Crippen molar-refractivity contribution in [3.63, 3.8) is 0 Å². The lowest BCUT2D eigenvalue weighted by Gasteiger charge is -2.32. The second-order valence-corrected chi connectivity index (χ2v) is 10.3. The third-order valence-electron chi connectivity index (χ3n) is 7.94. The molecule has 0 aliphatic heterocycles. The molecule has 0 N–H and O–H groups in total. The SMILES string of the molecule is CCCC1CCC(OC(=O)C2CCC(OC(=O)C3CCC(CCC)CC3)CC2)CC1.